The molecule has 1 amide bonds. The summed E-state index contributed by atoms with van der Waals surface area (Å²) in [5.41, 5.74) is 5.47. The summed E-state index contributed by atoms with van der Waals surface area (Å²) < 4.78 is 12.9. The third-order valence-electron chi connectivity index (χ3n) is 1.84. The first-order chi connectivity index (χ1) is 6.09. The lowest BCUT2D eigenvalue weighted by Gasteiger charge is -1.99. The van der Waals surface area contributed by atoms with Gasteiger partial charge in [-0.2, -0.15) is 0 Å². The van der Waals surface area contributed by atoms with E-state index in [9.17, 15) is 14.0 Å². The maximum absolute atomic E-state index is 12.9. The molecule has 0 aromatic heterocycles. The predicted octanol–water partition coefficient (Wildman–Crippen LogP) is 0.543. The van der Waals surface area contributed by atoms with Crippen molar-refractivity contribution in [3.05, 3.63) is 23.5 Å². The first kappa shape index (κ1) is 7.72. The Morgan fingerprint density at radius 1 is 1.31 bits per heavy atom. The monoisotopic (exact) mass is 180 g/mol. The van der Waals surface area contributed by atoms with Crippen molar-refractivity contribution in [1.29, 1.82) is 0 Å². The van der Waals surface area contributed by atoms with Crippen molar-refractivity contribution in [3.63, 3.8) is 0 Å². The number of Topliss-reactive ketones (excluding diaryl/α,β-unsaturated/α-hetero) is 1. The highest BCUT2D eigenvalue weighted by Crippen LogP contribution is 2.27. The van der Waals surface area contributed by atoms with E-state index in [0.717, 1.165) is 6.07 Å². The van der Waals surface area contributed by atoms with Crippen molar-refractivity contribution >= 4 is 23.1 Å². The summed E-state index contributed by atoms with van der Waals surface area (Å²) in [4.78, 5) is 21.9. The fraction of sp³-hybridized carbons (Fsp3) is 0. The molecule has 0 radical (unpaired) electrons. The van der Waals surface area contributed by atoms with Gasteiger partial charge in [0, 0.05) is 0 Å². The molecule has 0 atom stereocenters. The minimum Gasteiger partial charge on any atom is -0.396 e. The molecule has 0 spiro atoms. The third kappa shape index (κ3) is 0.970. The number of anilines is 2. The molecule has 1 aliphatic heterocycles. The number of fused-ring (bicyclic) bond motifs is 1. The van der Waals surface area contributed by atoms with Crippen LogP contribution in [-0.2, 0) is 4.79 Å². The number of benzene rings is 1. The Kier molecular flexibility index (Phi) is 1.36. The molecule has 1 heterocycles. The highest BCUT2D eigenvalue weighted by Gasteiger charge is 2.28. The molecule has 0 aliphatic carbocycles. The maximum Gasteiger partial charge on any atom is 0.296 e. The van der Waals surface area contributed by atoms with E-state index >= 15 is 0 Å². The van der Waals surface area contributed by atoms with Gasteiger partial charge < -0.3 is 11.1 Å². The second kappa shape index (κ2) is 2.29. The quantitative estimate of drug-likeness (QED) is 0.452. The van der Waals surface area contributed by atoms with E-state index in [-0.39, 0.29) is 16.9 Å². The second-order valence-electron chi connectivity index (χ2n) is 2.70. The Morgan fingerprint density at radius 2 is 2.00 bits per heavy atom. The Morgan fingerprint density at radius 3 is 2.69 bits per heavy atom. The van der Waals surface area contributed by atoms with Gasteiger partial charge in [0.15, 0.2) is 0 Å². The average molecular weight is 180 g/mol. The zero-order chi connectivity index (χ0) is 9.59. The van der Waals surface area contributed by atoms with Crippen LogP contribution in [0.1, 0.15) is 10.4 Å². The number of hydrogen-bond acceptors (Lipinski definition) is 3. The van der Waals surface area contributed by atoms with Gasteiger partial charge in [-0.05, 0) is 12.1 Å². The number of carbonyl (C=O) groups excluding carboxylic acids is 2. The number of rotatable bonds is 0. The summed E-state index contributed by atoms with van der Waals surface area (Å²) >= 11 is 0. The minimum atomic E-state index is -0.750. The van der Waals surface area contributed by atoms with Crippen molar-refractivity contribution in [3.8, 4) is 0 Å². The van der Waals surface area contributed by atoms with Gasteiger partial charge in [0.1, 0.15) is 5.82 Å². The van der Waals surface area contributed by atoms with Crippen LogP contribution in [0.25, 0.3) is 0 Å². The minimum absolute atomic E-state index is 0.0386. The number of amides is 1. The van der Waals surface area contributed by atoms with Crippen LogP contribution < -0.4 is 11.1 Å². The standard InChI is InChI=1S/C8H5FN2O2/c9-4-1-3-6(2-5(4)10)11-8(13)7(3)12/h1-2H,10H2,(H,11,12,13). The molecule has 5 heteroatoms. The second-order valence-corrected chi connectivity index (χ2v) is 2.70. The number of nitrogens with two attached hydrogens (primary N) is 1. The van der Waals surface area contributed by atoms with E-state index in [1.54, 1.807) is 0 Å². The fourth-order valence-corrected chi connectivity index (χ4v) is 1.18. The van der Waals surface area contributed by atoms with Crippen LogP contribution in [-0.4, -0.2) is 11.7 Å². The molecular formula is C8H5FN2O2. The van der Waals surface area contributed by atoms with Crippen molar-refractivity contribution in [2.75, 3.05) is 11.1 Å². The molecule has 3 N–H and O–H groups in total. The predicted molar refractivity (Wildman–Crippen MR) is 43.8 cm³/mol. The molecule has 0 saturated heterocycles. The zero-order valence-electron chi connectivity index (χ0n) is 6.43. The van der Waals surface area contributed by atoms with Crippen molar-refractivity contribution in [2.45, 2.75) is 0 Å². The van der Waals surface area contributed by atoms with E-state index in [1.807, 2.05) is 0 Å². The van der Waals surface area contributed by atoms with E-state index in [1.165, 1.54) is 6.07 Å². The van der Waals surface area contributed by atoms with Crippen LogP contribution in [0.4, 0.5) is 15.8 Å². The zero-order valence-corrected chi connectivity index (χ0v) is 6.43. The van der Waals surface area contributed by atoms with Gasteiger partial charge in [-0.1, -0.05) is 0 Å². The Labute approximate surface area is 72.5 Å². The molecule has 2 rings (SSSR count). The molecule has 0 fully saturated rings. The van der Waals surface area contributed by atoms with Crippen LogP contribution in [0.5, 0.6) is 0 Å². The highest BCUT2D eigenvalue weighted by atomic mass is 19.1. The molecule has 0 saturated carbocycles. The Hall–Kier alpha value is -1.91. The van der Waals surface area contributed by atoms with Gasteiger partial charge in [-0.15, -0.1) is 0 Å². The first-order valence-corrected chi connectivity index (χ1v) is 3.54. The molecule has 1 aromatic rings. The fourth-order valence-electron chi connectivity index (χ4n) is 1.18. The van der Waals surface area contributed by atoms with Gasteiger partial charge in [0.2, 0.25) is 0 Å². The van der Waals surface area contributed by atoms with Crippen LogP contribution in [0.3, 0.4) is 0 Å². The summed E-state index contributed by atoms with van der Waals surface area (Å²) in [6, 6.07) is 2.19. The summed E-state index contributed by atoms with van der Waals surface area (Å²) in [5.74, 6) is -2.17. The summed E-state index contributed by atoms with van der Waals surface area (Å²) in [6.07, 6.45) is 0. The number of nitrogen functional groups attached to an aromatic ring is 1. The number of carbonyl (C=O) groups is 2. The molecule has 66 valence electrons. The molecule has 1 aliphatic rings. The van der Waals surface area contributed by atoms with Crippen molar-refractivity contribution in [2.24, 2.45) is 0 Å². The smallest absolute Gasteiger partial charge is 0.296 e. The van der Waals surface area contributed by atoms with Crippen LogP contribution >= 0.6 is 0 Å². The highest BCUT2D eigenvalue weighted by molar-refractivity contribution is 6.51. The van der Waals surface area contributed by atoms with Crippen molar-refractivity contribution in [1.82, 2.24) is 0 Å². The molecule has 0 unspecified atom stereocenters. The first-order valence-electron chi connectivity index (χ1n) is 3.54. The van der Waals surface area contributed by atoms with Gasteiger partial charge in [0.05, 0.1) is 16.9 Å². The van der Waals surface area contributed by atoms with E-state index in [4.69, 9.17) is 5.73 Å². The van der Waals surface area contributed by atoms with Gasteiger partial charge >= 0.3 is 0 Å². The topological polar surface area (TPSA) is 72.2 Å². The van der Waals surface area contributed by atoms with Crippen molar-refractivity contribution < 1.29 is 14.0 Å². The van der Waals surface area contributed by atoms with Crippen LogP contribution in [0.15, 0.2) is 12.1 Å². The molecule has 13 heavy (non-hydrogen) atoms. The van der Waals surface area contributed by atoms with Gasteiger partial charge in [-0.3, -0.25) is 9.59 Å². The number of nitrogens with one attached hydrogen (secondary N) is 1. The largest absolute Gasteiger partial charge is 0.396 e. The lowest BCUT2D eigenvalue weighted by atomic mass is 10.1. The Bertz CT molecular complexity index is 428. The summed E-state index contributed by atoms with van der Waals surface area (Å²) in [6.45, 7) is 0. The lowest BCUT2D eigenvalue weighted by molar-refractivity contribution is -0.112. The van der Waals surface area contributed by atoms with Crippen LogP contribution in [0, 0.1) is 5.82 Å². The van der Waals surface area contributed by atoms with E-state index in [2.05, 4.69) is 5.32 Å². The van der Waals surface area contributed by atoms with E-state index < -0.39 is 17.5 Å². The molecule has 1 aromatic carbocycles. The number of halogens is 1. The molecule has 0 bridgehead atoms. The van der Waals surface area contributed by atoms with E-state index in [0.29, 0.717) is 0 Å². The SMILES string of the molecule is Nc1cc2c(cc1F)C(=O)C(=O)N2. The third-order valence-corrected chi connectivity index (χ3v) is 1.84. The molecular weight excluding hydrogens is 175 g/mol. The Balaban J connectivity index is 2.66. The van der Waals surface area contributed by atoms with Crippen LogP contribution in [0.2, 0.25) is 0 Å². The number of ketones is 1. The average Bonchev–Trinajstić information content (AvgIpc) is 2.32. The lowest BCUT2D eigenvalue weighted by Crippen LogP contribution is -2.12. The molecule has 4 nitrogen and oxygen atoms in total. The maximum atomic E-state index is 12.9. The number of hydrogen-bond donors (Lipinski definition) is 2. The summed E-state index contributed by atoms with van der Waals surface area (Å²) in [5, 5.41) is 2.28. The normalized spacial score (nSPS) is 14.2. The van der Waals surface area contributed by atoms with Gasteiger partial charge in [0.25, 0.3) is 11.7 Å². The van der Waals surface area contributed by atoms with Gasteiger partial charge in [-0.25, -0.2) is 4.39 Å². The summed E-state index contributed by atoms with van der Waals surface area (Å²) in [7, 11) is 0.